The number of rotatable bonds is 3. The van der Waals surface area contributed by atoms with E-state index in [0.29, 0.717) is 17.3 Å². The van der Waals surface area contributed by atoms with Crippen molar-refractivity contribution >= 4 is 11.1 Å². The van der Waals surface area contributed by atoms with Gasteiger partial charge in [0.1, 0.15) is 12.4 Å². The SMILES string of the molecule is CC#CCOc1ccc(S(=O)O)cc1. The van der Waals surface area contributed by atoms with Gasteiger partial charge in [-0.05, 0) is 31.2 Å². The van der Waals surface area contributed by atoms with Crippen LogP contribution >= 0.6 is 0 Å². The van der Waals surface area contributed by atoms with Gasteiger partial charge >= 0.3 is 0 Å². The Hall–Kier alpha value is -1.31. The molecular formula is C10H10O3S. The van der Waals surface area contributed by atoms with E-state index >= 15 is 0 Å². The summed E-state index contributed by atoms with van der Waals surface area (Å²) in [7, 11) is 0. The Labute approximate surface area is 85.4 Å². The molecule has 0 saturated carbocycles. The van der Waals surface area contributed by atoms with Gasteiger partial charge in [-0.3, -0.25) is 0 Å². The quantitative estimate of drug-likeness (QED) is 0.609. The average Bonchev–Trinajstić information content (AvgIpc) is 2.19. The Balaban J connectivity index is 2.62. The predicted molar refractivity (Wildman–Crippen MR) is 54.4 cm³/mol. The van der Waals surface area contributed by atoms with Gasteiger partial charge in [0.25, 0.3) is 0 Å². The summed E-state index contributed by atoms with van der Waals surface area (Å²) in [5, 5.41) is 0. The smallest absolute Gasteiger partial charge is 0.186 e. The lowest BCUT2D eigenvalue weighted by Gasteiger charge is -2.01. The zero-order chi connectivity index (χ0) is 10.4. The Morgan fingerprint density at radius 2 is 2.07 bits per heavy atom. The predicted octanol–water partition coefficient (Wildman–Crippen LogP) is 1.67. The van der Waals surface area contributed by atoms with E-state index in [1.54, 1.807) is 31.2 Å². The fourth-order valence-corrected chi connectivity index (χ4v) is 1.21. The van der Waals surface area contributed by atoms with Crippen LogP contribution in [-0.4, -0.2) is 15.4 Å². The molecule has 0 aliphatic carbocycles. The van der Waals surface area contributed by atoms with Gasteiger partial charge in [-0.1, -0.05) is 5.92 Å². The van der Waals surface area contributed by atoms with E-state index in [1.165, 1.54) is 0 Å². The normalized spacial score (nSPS) is 11.3. The molecule has 1 aromatic carbocycles. The van der Waals surface area contributed by atoms with Gasteiger partial charge in [-0.2, -0.15) is 0 Å². The minimum atomic E-state index is -1.93. The third-order valence-corrected chi connectivity index (χ3v) is 2.19. The molecule has 0 radical (unpaired) electrons. The van der Waals surface area contributed by atoms with Crippen molar-refractivity contribution in [1.29, 1.82) is 0 Å². The second-order valence-electron chi connectivity index (χ2n) is 2.44. The first-order valence-electron chi connectivity index (χ1n) is 3.97. The summed E-state index contributed by atoms with van der Waals surface area (Å²) in [6.07, 6.45) is 0. The van der Waals surface area contributed by atoms with Crippen LogP contribution < -0.4 is 4.74 Å². The Morgan fingerprint density at radius 1 is 1.43 bits per heavy atom. The molecule has 1 rings (SSSR count). The molecule has 0 aliphatic rings. The largest absolute Gasteiger partial charge is 0.481 e. The van der Waals surface area contributed by atoms with E-state index < -0.39 is 11.1 Å². The standard InChI is InChI=1S/C10H10O3S/c1-2-3-8-13-9-4-6-10(7-5-9)14(11)12/h4-7H,8H2,1H3,(H,11,12). The first-order chi connectivity index (χ1) is 6.74. The molecule has 14 heavy (non-hydrogen) atoms. The minimum Gasteiger partial charge on any atom is -0.481 e. The van der Waals surface area contributed by atoms with Gasteiger partial charge in [-0.15, -0.1) is 5.92 Å². The molecule has 74 valence electrons. The van der Waals surface area contributed by atoms with Crippen LogP contribution in [0, 0.1) is 11.8 Å². The number of ether oxygens (including phenoxy) is 1. The third kappa shape index (κ3) is 3.21. The van der Waals surface area contributed by atoms with Crippen LogP contribution in [0.25, 0.3) is 0 Å². The van der Waals surface area contributed by atoms with Crippen molar-refractivity contribution in [3.05, 3.63) is 24.3 Å². The van der Waals surface area contributed by atoms with Crippen LogP contribution in [0.4, 0.5) is 0 Å². The van der Waals surface area contributed by atoms with E-state index in [2.05, 4.69) is 11.8 Å². The maximum atomic E-state index is 10.6. The van der Waals surface area contributed by atoms with E-state index in [0.717, 1.165) is 0 Å². The van der Waals surface area contributed by atoms with Crippen molar-refractivity contribution in [3.8, 4) is 17.6 Å². The molecule has 0 aliphatic heterocycles. The first kappa shape index (κ1) is 10.8. The summed E-state index contributed by atoms with van der Waals surface area (Å²) in [5.74, 6) is 6.10. The summed E-state index contributed by atoms with van der Waals surface area (Å²) in [4.78, 5) is 0.360. The second-order valence-corrected chi connectivity index (χ2v) is 3.41. The van der Waals surface area contributed by atoms with Crippen molar-refractivity contribution in [3.63, 3.8) is 0 Å². The highest BCUT2D eigenvalue weighted by Crippen LogP contribution is 2.13. The molecule has 0 heterocycles. The second kappa shape index (κ2) is 5.43. The Bertz CT molecular complexity index is 373. The van der Waals surface area contributed by atoms with Crippen molar-refractivity contribution < 1.29 is 13.5 Å². The molecule has 3 nitrogen and oxygen atoms in total. The summed E-state index contributed by atoms with van der Waals surface area (Å²) >= 11 is -1.93. The molecule has 1 aromatic rings. The molecule has 0 fully saturated rings. The molecule has 1 unspecified atom stereocenters. The monoisotopic (exact) mass is 210 g/mol. The van der Waals surface area contributed by atoms with E-state index in [1.807, 2.05) is 0 Å². The Morgan fingerprint density at radius 3 is 2.57 bits per heavy atom. The number of hydrogen-bond acceptors (Lipinski definition) is 2. The molecule has 1 N–H and O–H groups in total. The van der Waals surface area contributed by atoms with Crippen LogP contribution in [0.3, 0.4) is 0 Å². The minimum absolute atomic E-state index is 0.331. The topological polar surface area (TPSA) is 46.5 Å². The summed E-state index contributed by atoms with van der Waals surface area (Å²) in [6.45, 7) is 2.07. The fraction of sp³-hybridized carbons (Fsp3) is 0.200. The van der Waals surface area contributed by atoms with E-state index in [4.69, 9.17) is 9.29 Å². The zero-order valence-corrected chi connectivity index (χ0v) is 8.50. The lowest BCUT2D eigenvalue weighted by atomic mass is 10.3. The summed E-state index contributed by atoms with van der Waals surface area (Å²) in [6, 6.07) is 6.37. The molecule has 4 heteroatoms. The molecule has 0 aromatic heterocycles. The van der Waals surface area contributed by atoms with Gasteiger partial charge in [-0.25, -0.2) is 4.21 Å². The van der Waals surface area contributed by atoms with Crippen LogP contribution in [0.15, 0.2) is 29.2 Å². The van der Waals surface area contributed by atoms with Gasteiger partial charge in [0, 0.05) is 0 Å². The number of hydrogen-bond donors (Lipinski definition) is 1. The molecule has 0 amide bonds. The summed E-state index contributed by atoms with van der Waals surface area (Å²) < 4.78 is 24.6. The van der Waals surface area contributed by atoms with Crippen LogP contribution in [0.2, 0.25) is 0 Å². The van der Waals surface area contributed by atoms with Crippen molar-refractivity contribution in [2.24, 2.45) is 0 Å². The van der Waals surface area contributed by atoms with Crippen LogP contribution in [0.5, 0.6) is 5.75 Å². The summed E-state index contributed by atoms with van der Waals surface area (Å²) in [5.41, 5.74) is 0. The van der Waals surface area contributed by atoms with Crippen LogP contribution in [0.1, 0.15) is 6.92 Å². The van der Waals surface area contributed by atoms with E-state index in [-0.39, 0.29) is 0 Å². The lowest BCUT2D eigenvalue weighted by molar-refractivity contribution is 0.370. The van der Waals surface area contributed by atoms with Crippen molar-refractivity contribution in [1.82, 2.24) is 0 Å². The van der Waals surface area contributed by atoms with Gasteiger partial charge in [0.2, 0.25) is 0 Å². The highest BCUT2D eigenvalue weighted by atomic mass is 32.2. The lowest BCUT2D eigenvalue weighted by Crippen LogP contribution is -1.94. The van der Waals surface area contributed by atoms with Crippen molar-refractivity contribution in [2.45, 2.75) is 11.8 Å². The third-order valence-electron chi connectivity index (χ3n) is 1.51. The highest BCUT2D eigenvalue weighted by molar-refractivity contribution is 7.79. The van der Waals surface area contributed by atoms with Crippen molar-refractivity contribution in [2.75, 3.05) is 6.61 Å². The fourth-order valence-electron chi connectivity index (χ4n) is 0.844. The first-order valence-corrected chi connectivity index (χ1v) is 5.08. The van der Waals surface area contributed by atoms with Gasteiger partial charge < -0.3 is 9.29 Å². The van der Waals surface area contributed by atoms with Crippen LogP contribution in [-0.2, 0) is 11.1 Å². The zero-order valence-electron chi connectivity index (χ0n) is 7.69. The van der Waals surface area contributed by atoms with E-state index in [9.17, 15) is 4.21 Å². The Kier molecular flexibility index (Phi) is 4.17. The molecule has 0 bridgehead atoms. The highest BCUT2D eigenvalue weighted by Gasteiger charge is 1.98. The maximum absolute atomic E-state index is 10.6. The molecule has 1 atom stereocenters. The maximum Gasteiger partial charge on any atom is 0.186 e. The average molecular weight is 210 g/mol. The molecular weight excluding hydrogens is 200 g/mol. The molecule has 0 spiro atoms. The van der Waals surface area contributed by atoms with Gasteiger partial charge in [0.05, 0.1) is 4.90 Å². The van der Waals surface area contributed by atoms with Gasteiger partial charge in [0.15, 0.2) is 11.1 Å². The molecule has 0 saturated heterocycles. The number of benzene rings is 1.